The predicted molar refractivity (Wildman–Crippen MR) is 256 cm³/mol. The molecule has 311 valence electrons. The van der Waals surface area contributed by atoms with E-state index < -0.39 is 28.2 Å². The molecule has 9 aromatic rings. The summed E-state index contributed by atoms with van der Waals surface area (Å²) >= 11 is 0. The summed E-state index contributed by atoms with van der Waals surface area (Å²) in [6, 6.07) is 47.1. The van der Waals surface area contributed by atoms with Crippen molar-refractivity contribution in [3.8, 4) is 39.5 Å². The summed E-state index contributed by atoms with van der Waals surface area (Å²) in [6.45, 7) is 12.6. The topological polar surface area (TPSA) is 43.9 Å². The number of hydrogen-bond acceptors (Lipinski definition) is 3. The maximum atomic E-state index is 8.59. The van der Waals surface area contributed by atoms with Crippen LogP contribution in [0.2, 0.25) is 19.6 Å². The van der Waals surface area contributed by atoms with Crippen LogP contribution in [0.4, 0.5) is 0 Å². The Hall–Kier alpha value is -5.39. The number of para-hydroxylation sites is 2. The van der Waals surface area contributed by atoms with Crippen molar-refractivity contribution >= 4 is 46.2 Å². The van der Waals surface area contributed by atoms with Gasteiger partial charge in [-0.2, -0.15) is 0 Å². The van der Waals surface area contributed by atoms with Crippen molar-refractivity contribution in [1.82, 2.24) is 14.5 Å². The van der Waals surface area contributed by atoms with Crippen LogP contribution in [0.3, 0.4) is 0 Å². The van der Waals surface area contributed by atoms with Crippen LogP contribution >= 0.6 is 0 Å². The first-order valence-electron chi connectivity index (χ1n) is 24.4. The summed E-state index contributed by atoms with van der Waals surface area (Å²) < 4.78 is 71.8. The number of pyridine rings is 1. The molecule has 0 aliphatic carbocycles. The molecular weight excluding hydrogens is 939 g/mol. The summed E-state index contributed by atoms with van der Waals surface area (Å²) in [5.74, 6) is 0.535. The van der Waals surface area contributed by atoms with Gasteiger partial charge in [0.1, 0.15) is 5.58 Å². The fraction of sp³-hybridized carbons (Fsp3) is 0.236. The SMILES string of the molecule is [2H]C([2H])([2H])c1c[c-]c(-c2cc(C([2H])([2H])C(C)C)c([Si](C)(C)C)cn2)cc1.[2H]C([2H])([2H])c1ccc2c(c1)oc1c(-c3nc4ccccc4n3-c3ccc(C(C)(C)C)cc3-c3ccccc3)[c-]ccc12.[Ir]. The number of benzene rings is 6. The van der Waals surface area contributed by atoms with Crippen LogP contribution in [0, 0.1) is 31.8 Å². The molecule has 0 saturated carbocycles. The predicted octanol–water partition coefficient (Wildman–Crippen LogP) is 14.3. The first-order chi connectivity index (χ1) is 31.8. The second kappa shape index (κ2) is 17.5. The second-order valence-electron chi connectivity index (χ2n) is 17.7. The van der Waals surface area contributed by atoms with E-state index in [9.17, 15) is 0 Å². The summed E-state index contributed by atoms with van der Waals surface area (Å²) in [7, 11) is -1.78. The van der Waals surface area contributed by atoms with Gasteiger partial charge in [0.15, 0.2) is 0 Å². The third-order valence-electron chi connectivity index (χ3n) is 10.7. The number of fused-ring (bicyclic) bond motifs is 4. The zero-order valence-corrected chi connectivity index (χ0v) is 39.3. The monoisotopic (exact) mass is 1000 g/mol. The maximum Gasteiger partial charge on any atom is 0.121 e. The summed E-state index contributed by atoms with van der Waals surface area (Å²) in [4.78, 5) is 9.66. The first-order valence-corrected chi connectivity index (χ1v) is 23.9. The number of imidazole rings is 1. The van der Waals surface area contributed by atoms with Gasteiger partial charge in [-0.05, 0) is 82.5 Å². The Balaban J connectivity index is 0.000000226. The maximum absolute atomic E-state index is 8.59. The zero-order chi connectivity index (χ0) is 49.1. The Morgan fingerprint density at radius 2 is 1.57 bits per heavy atom. The summed E-state index contributed by atoms with van der Waals surface area (Å²) in [5, 5.41) is 2.76. The van der Waals surface area contributed by atoms with Gasteiger partial charge in [-0.25, -0.2) is 0 Å². The van der Waals surface area contributed by atoms with Crippen molar-refractivity contribution in [3.05, 3.63) is 168 Å². The van der Waals surface area contributed by atoms with Gasteiger partial charge in [-0.15, -0.1) is 53.6 Å². The smallest absolute Gasteiger partial charge is 0.121 e. The molecule has 0 aliphatic rings. The molecule has 1 radical (unpaired) electrons. The van der Waals surface area contributed by atoms with E-state index in [-0.39, 0.29) is 42.6 Å². The van der Waals surface area contributed by atoms with Crippen LogP contribution in [0.15, 0.2) is 138 Å². The Morgan fingerprint density at radius 1 is 0.820 bits per heavy atom. The number of aromatic nitrogens is 3. The quantitative estimate of drug-likeness (QED) is 0.118. The molecule has 0 fully saturated rings. The van der Waals surface area contributed by atoms with Crippen LogP contribution in [0.1, 0.15) is 67.8 Å². The molecule has 0 aliphatic heterocycles. The third-order valence-corrected chi connectivity index (χ3v) is 12.7. The molecule has 3 aromatic heterocycles. The number of rotatable bonds is 7. The van der Waals surface area contributed by atoms with Gasteiger partial charge in [0.2, 0.25) is 0 Å². The van der Waals surface area contributed by atoms with Gasteiger partial charge in [-0.3, -0.25) is 4.98 Å². The van der Waals surface area contributed by atoms with Gasteiger partial charge in [-0.1, -0.05) is 144 Å². The Bertz CT molecular complexity index is 3290. The summed E-state index contributed by atoms with van der Waals surface area (Å²) in [5.41, 5.74) is 10.6. The molecule has 0 unspecified atom stereocenters. The van der Waals surface area contributed by atoms with E-state index in [4.69, 9.17) is 20.4 Å². The van der Waals surface area contributed by atoms with Crippen LogP contribution in [0.25, 0.3) is 72.4 Å². The fourth-order valence-corrected chi connectivity index (χ4v) is 9.01. The standard InChI is InChI=1S/C36H29N2O.C19H26NSi.Ir/c1-23-17-19-26-27-13-10-14-28(34(27)39-33(26)21-23)35-37-30-15-8-9-16-32(30)38(35)31-20-18-25(36(2,3)4)22-29(31)24-11-6-5-7-12-24;1-14(2)11-17-12-18(16-9-7-15(3)8-10-16)20-13-19(17)21(4,5)6;/h5-13,15-22H,1-4H3;7-9,12-14H,11H2,1-6H3;/q2*-1;/i1D3;3D3,11D2;. The van der Waals surface area contributed by atoms with E-state index in [1.54, 1.807) is 30.5 Å². The van der Waals surface area contributed by atoms with Gasteiger partial charge in [0.05, 0.1) is 30.5 Å². The third kappa shape index (κ3) is 9.14. The van der Waals surface area contributed by atoms with Crippen LogP contribution in [-0.4, -0.2) is 22.6 Å². The molecular formula is C55H55IrN3OSi-2. The van der Waals surface area contributed by atoms with Crippen molar-refractivity contribution in [3.63, 3.8) is 0 Å². The normalized spacial score (nSPS) is 14.4. The molecule has 61 heavy (non-hydrogen) atoms. The van der Waals surface area contributed by atoms with Crippen molar-refractivity contribution in [2.75, 3.05) is 0 Å². The molecule has 3 heterocycles. The molecule has 9 rings (SSSR count). The van der Waals surface area contributed by atoms with E-state index >= 15 is 0 Å². The average Bonchev–Trinajstić information content (AvgIpc) is 3.86. The van der Waals surface area contributed by atoms with Gasteiger partial charge >= 0.3 is 0 Å². The van der Waals surface area contributed by atoms with E-state index in [0.29, 0.717) is 39.4 Å². The van der Waals surface area contributed by atoms with E-state index in [0.717, 1.165) is 43.8 Å². The molecule has 6 heteroatoms. The Kier molecular flexibility index (Phi) is 9.84. The zero-order valence-electron chi connectivity index (χ0n) is 43.9. The molecule has 0 N–H and O–H groups in total. The molecule has 0 saturated heterocycles. The van der Waals surface area contributed by atoms with Crippen molar-refractivity contribution in [1.29, 1.82) is 0 Å². The minimum absolute atomic E-state index is 0. The molecule has 6 aromatic carbocycles. The molecule has 0 spiro atoms. The van der Waals surface area contributed by atoms with E-state index in [2.05, 4.69) is 111 Å². The van der Waals surface area contributed by atoms with E-state index in [1.807, 2.05) is 62.4 Å². The van der Waals surface area contributed by atoms with Gasteiger partial charge in [0, 0.05) is 53.9 Å². The second-order valence-corrected chi connectivity index (χ2v) is 22.7. The minimum Gasteiger partial charge on any atom is -0.501 e. The average molecular weight is 1000 g/mol. The van der Waals surface area contributed by atoms with Crippen molar-refractivity contribution in [2.24, 2.45) is 5.92 Å². The summed E-state index contributed by atoms with van der Waals surface area (Å²) in [6.07, 6.45) is 0.328. The largest absolute Gasteiger partial charge is 0.501 e. The molecule has 4 nitrogen and oxygen atoms in total. The van der Waals surface area contributed by atoms with E-state index in [1.165, 1.54) is 11.6 Å². The number of furan rings is 1. The van der Waals surface area contributed by atoms with Crippen molar-refractivity contribution < 1.29 is 35.5 Å². The van der Waals surface area contributed by atoms with Gasteiger partial charge < -0.3 is 14.0 Å². The van der Waals surface area contributed by atoms with Crippen molar-refractivity contribution in [2.45, 2.75) is 79.8 Å². The van der Waals surface area contributed by atoms with Crippen LogP contribution in [0.5, 0.6) is 0 Å². The number of aryl methyl sites for hydroxylation is 2. The van der Waals surface area contributed by atoms with Crippen LogP contribution < -0.4 is 5.19 Å². The van der Waals surface area contributed by atoms with Gasteiger partial charge in [0.25, 0.3) is 0 Å². The fourth-order valence-electron chi connectivity index (χ4n) is 7.61. The number of nitrogens with zero attached hydrogens (tertiary/aromatic N) is 3. The molecule has 0 bridgehead atoms. The minimum atomic E-state index is -2.22. The Labute approximate surface area is 387 Å². The first kappa shape index (κ1) is 34.2. The Morgan fingerprint density at radius 3 is 2.28 bits per heavy atom. The number of hydrogen-bond donors (Lipinski definition) is 0. The molecule has 0 amide bonds. The van der Waals surface area contributed by atoms with Crippen LogP contribution in [-0.2, 0) is 31.9 Å². The molecule has 0 atom stereocenters.